The van der Waals surface area contributed by atoms with Crippen LogP contribution < -0.4 is 15.3 Å². The van der Waals surface area contributed by atoms with Crippen molar-refractivity contribution in [3.05, 3.63) is 53.6 Å². The van der Waals surface area contributed by atoms with E-state index in [1.54, 1.807) is 7.11 Å². The highest BCUT2D eigenvalue weighted by Crippen LogP contribution is 2.35. The summed E-state index contributed by atoms with van der Waals surface area (Å²) in [6.07, 6.45) is 0. The van der Waals surface area contributed by atoms with Crippen LogP contribution in [0.1, 0.15) is 11.1 Å². The van der Waals surface area contributed by atoms with Gasteiger partial charge in [0.15, 0.2) is 0 Å². The molecular formula is C16H22BOP. The monoisotopic (exact) mass is 272 g/mol. The molecule has 0 saturated carbocycles. The van der Waals surface area contributed by atoms with Crippen LogP contribution in [0, 0.1) is 13.8 Å². The summed E-state index contributed by atoms with van der Waals surface area (Å²) in [7, 11) is 1.40. The fourth-order valence-electron chi connectivity index (χ4n) is 2.24. The smallest absolute Gasteiger partial charge is 0.129 e. The summed E-state index contributed by atoms with van der Waals surface area (Å²) >= 11 is 0. The van der Waals surface area contributed by atoms with Crippen LogP contribution >= 0.6 is 7.92 Å². The first-order valence-corrected chi connectivity index (χ1v) is 7.86. The van der Waals surface area contributed by atoms with Gasteiger partial charge in [0.25, 0.3) is 0 Å². The second-order valence-corrected chi connectivity index (χ2v) is 6.64. The molecule has 3 heteroatoms. The quantitative estimate of drug-likeness (QED) is 0.614. The average Bonchev–Trinajstić information content (AvgIpc) is 2.38. The fraction of sp³-hybridized carbons (Fsp3) is 0.250. The van der Waals surface area contributed by atoms with Crippen LogP contribution in [0.15, 0.2) is 42.5 Å². The van der Waals surface area contributed by atoms with Crippen molar-refractivity contribution in [1.29, 1.82) is 0 Å². The number of methoxy groups -OCH3 is 1. The summed E-state index contributed by atoms with van der Waals surface area (Å²) in [6, 6.07) is 15.1. The maximum Gasteiger partial charge on any atom is 0.129 e. The topological polar surface area (TPSA) is 9.23 Å². The van der Waals surface area contributed by atoms with E-state index in [9.17, 15) is 0 Å². The van der Waals surface area contributed by atoms with Gasteiger partial charge in [0.1, 0.15) is 5.75 Å². The molecule has 0 heterocycles. The predicted octanol–water partition coefficient (Wildman–Crippen LogP) is 2.19. The number of rotatable bonds is 3. The Kier molecular flexibility index (Phi) is 5.63. The SMILES string of the molecule is B.COc1c(C)cc(C)cc1[P@](C)c1ccccc1. The van der Waals surface area contributed by atoms with Gasteiger partial charge in [-0.05, 0) is 50.9 Å². The fourth-order valence-corrected chi connectivity index (χ4v) is 4.10. The van der Waals surface area contributed by atoms with Crippen LogP contribution in [0.5, 0.6) is 5.75 Å². The summed E-state index contributed by atoms with van der Waals surface area (Å²) in [4.78, 5) is 0. The van der Waals surface area contributed by atoms with Crippen molar-refractivity contribution >= 4 is 26.9 Å². The highest BCUT2D eigenvalue weighted by atomic mass is 31.1. The lowest BCUT2D eigenvalue weighted by atomic mass is 10.1. The molecule has 2 aromatic carbocycles. The summed E-state index contributed by atoms with van der Waals surface area (Å²) in [5, 5.41) is 2.71. The first kappa shape index (κ1) is 15.8. The van der Waals surface area contributed by atoms with Crippen LogP contribution in [0.3, 0.4) is 0 Å². The van der Waals surface area contributed by atoms with Gasteiger partial charge in [-0.2, -0.15) is 0 Å². The van der Waals surface area contributed by atoms with Crippen molar-refractivity contribution in [2.45, 2.75) is 13.8 Å². The zero-order chi connectivity index (χ0) is 13.1. The molecule has 0 aliphatic rings. The number of ether oxygens (including phenoxy) is 1. The summed E-state index contributed by atoms with van der Waals surface area (Å²) in [5.41, 5.74) is 2.52. The van der Waals surface area contributed by atoms with Gasteiger partial charge in [-0.15, -0.1) is 0 Å². The van der Waals surface area contributed by atoms with E-state index < -0.39 is 0 Å². The predicted molar refractivity (Wildman–Crippen MR) is 91.0 cm³/mol. The van der Waals surface area contributed by atoms with Gasteiger partial charge in [-0.1, -0.05) is 36.4 Å². The van der Waals surface area contributed by atoms with E-state index in [4.69, 9.17) is 4.74 Å². The second-order valence-electron chi connectivity index (χ2n) is 4.53. The molecule has 1 atom stereocenters. The zero-order valence-electron chi connectivity index (χ0n) is 11.4. The first-order valence-electron chi connectivity index (χ1n) is 6.07. The molecule has 0 saturated heterocycles. The van der Waals surface area contributed by atoms with E-state index in [1.807, 2.05) is 0 Å². The minimum absolute atomic E-state index is 0. The third kappa shape index (κ3) is 3.39. The molecule has 0 bridgehead atoms. The van der Waals surface area contributed by atoms with Crippen molar-refractivity contribution in [1.82, 2.24) is 0 Å². The zero-order valence-corrected chi connectivity index (χ0v) is 12.3. The normalized spacial score (nSPS) is 11.6. The third-order valence-corrected chi connectivity index (χ3v) is 5.24. The minimum atomic E-state index is -0.355. The van der Waals surface area contributed by atoms with Gasteiger partial charge in [-0.3, -0.25) is 0 Å². The van der Waals surface area contributed by atoms with Crippen molar-refractivity contribution in [3.8, 4) is 5.75 Å². The third-order valence-electron chi connectivity index (χ3n) is 3.11. The molecule has 19 heavy (non-hydrogen) atoms. The maximum atomic E-state index is 5.59. The van der Waals surface area contributed by atoms with Crippen LogP contribution in [0.25, 0.3) is 0 Å². The Hall–Kier alpha value is -1.27. The number of hydrogen-bond donors (Lipinski definition) is 0. The molecule has 0 radical (unpaired) electrons. The van der Waals surface area contributed by atoms with Crippen molar-refractivity contribution in [2.75, 3.05) is 13.8 Å². The highest BCUT2D eigenvalue weighted by Gasteiger charge is 2.15. The van der Waals surface area contributed by atoms with E-state index >= 15 is 0 Å². The minimum Gasteiger partial charge on any atom is -0.496 e. The van der Waals surface area contributed by atoms with Gasteiger partial charge in [0.2, 0.25) is 0 Å². The van der Waals surface area contributed by atoms with Crippen LogP contribution in [-0.4, -0.2) is 22.2 Å². The Balaban J connectivity index is 0.00000180. The van der Waals surface area contributed by atoms with E-state index in [0.717, 1.165) is 5.75 Å². The Morgan fingerprint density at radius 2 is 1.63 bits per heavy atom. The Morgan fingerprint density at radius 1 is 1.00 bits per heavy atom. The molecule has 1 nitrogen and oxygen atoms in total. The van der Waals surface area contributed by atoms with Gasteiger partial charge in [-0.25, -0.2) is 0 Å². The second kappa shape index (κ2) is 6.77. The van der Waals surface area contributed by atoms with E-state index in [0.29, 0.717) is 0 Å². The van der Waals surface area contributed by atoms with Crippen LogP contribution in [0.4, 0.5) is 0 Å². The molecule has 100 valence electrons. The molecule has 0 aliphatic heterocycles. The molecule has 2 rings (SSSR count). The van der Waals surface area contributed by atoms with Gasteiger partial charge >= 0.3 is 0 Å². The Bertz CT molecular complexity index is 540. The van der Waals surface area contributed by atoms with Gasteiger partial charge in [0.05, 0.1) is 15.5 Å². The summed E-state index contributed by atoms with van der Waals surface area (Å²) in [5.74, 6) is 1.04. The lowest BCUT2D eigenvalue weighted by Gasteiger charge is -2.19. The molecule has 0 spiro atoms. The average molecular weight is 272 g/mol. The lowest BCUT2D eigenvalue weighted by molar-refractivity contribution is 0.415. The molecule has 2 aromatic rings. The van der Waals surface area contributed by atoms with E-state index in [-0.39, 0.29) is 16.3 Å². The Labute approximate surface area is 119 Å². The Morgan fingerprint density at radius 3 is 2.21 bits per heavy atom. The maximum absolute atomic E-state index is 5.59. The number of aryl methyl sites for hydroxylation is 2. The molecule has 0 fully saturated rings. The lowest BCUT2D eigenvalue weighted by Crippen LogP contribution is -2.14. The molecule has 0 aromatic heterocycles. The molecule has 0 unspecified atom stereocenters. The standard InChI is InChI=1S/C16H19OP.BH3/c1-12-10-13(2)16(17-3)15(11-12)18(4)14-8-6-5-7-9-14;/h5-11H,1-4H3;1H3/t18-;/m1./s1. The van der Waals surface area contributed by atoms with Crippen molar-refractivity contribution in [3.63, 3.8) is 0 Å². The number of hydrogen-bond acceptors (Lipinski definition) is 1. The van der Waals surface area contributed by atoms with Crippen molar-refractivity contribution in [2.24, 2.45) is 0 Å². The summed E-state index contributed by atoms with van der Waals surface area (Å²) in [6.45, 7) is 6.55. The van der Waals surface area contributed by atoms with Crippen molar-refractivity contribution < 1.29 is 4.74 Å². The number of benzene rings is 2. The molecule has 0 amide bonds. The van der Waals surface area contributed by atoms with Crippen LogP contribution in [-0.2, 0) is 0 Å². The van der Waals surface area contributed by atoms with Crippen LogP contribution in [0.2, 0.25) is 0 Å². The van der Waals surface area contributed by atoms with Gasteiger partial charge < -0.3 is 4.74 Å². The summed E-state index contributed by atoms with van der Waals surface area (Å²) < 4.78 is 5.59. The van der Waals surface area contributed by atoms with E-state index in [1.165, 1.54) is 21.7 Å². The highest BCUT2D eigenvalue weighted by molar-refractivity contribution is 7.72. The van der Waals surface area contributed by atoms with Gasteiger partial charge in [0, 0.05) is 5.30 Å². The molecule has 0 N–H and O–H groups in total. The molecular weight excluding hydrogens is 250 g/mol. The van der Waals surface area contributed by atoms with E-state index in [2.05, 4.69) is 63.0 Å². The first-order chi connectivity index (χ1) is 8.63. The largest absolute Gasteiger partial charge is 0.496 e. The molecule has 0 aliphatic carbocycles.